The fourth-order valence-corrected chi connectivity index (χ4v) is 3.68. The first-order chi connectivity index (χ1) is 15.3. The Hall–Kier alpha value is -3.11. The maximum atomic E-state index is 12.9. The van der Waals surface area contributed by atoms with Crippen molar-refractivity contribution in [3.8, 4) is 5.75 Å². The summed E-state index contributed by atoms with van der Waals surface area (Å²) in [6.45, 7) is 7.18. The van der Waals surface area contributed by atoms with E-state index in [9.17, 15) is 19.2 Å². The monoisotopic (exact) mass is 462 g/mol. The van der Waals surface area contributed by atoms with Crippen molar-refractivity contribution in [3.05, 3.63) is 49.1 Å². The minimum absolute atomic E-state index is 0.0103. The SMILES string of the molecule is C=CCOC(=O)c1cccc(OC)c1NC(=O)[C@@H]1C[C@@H](C(C(=O)S)C(=O)OCC=C)CN1. The number of ether oxygens (including phenoxy) is 3. The highest BCUT2D eigenvalue weighted by Gasteiger charge is 2.41. The molecule has 0 radical (unpaired) electrons. The number of thiol groups is 1. The number of rotatable bonds is 11. The van der Waals surface area contributed by atoms with Crippen molar-refractivity contribution in [1.82, 2.24) is 5.32 Å². The average molecular weight is 463 g/mol. The van der Waals surface area contributed by atoms with Crippen molar-refractivity contribution >= 4 is 41.3 Å². The first kappa shape index (κ1) is 25.2. The number of para-hydroxylation sites is 1. The molecule has 10 heteroatoms. The van der Waals surface area contributed by atoms with Crippen LogP contribution in [0.1, 0.15) is 16.8 Å². The summed E-state index contributed by atoms with van der Waals surface area (Å²) in [6.07, 6.45) is 3.02. The first-order valence-electron chi connectivity index (χ1n) is 9.83. The molecule has 0 bridgehead atoms. The lowest BCUT2D eigenvalue weighted by molar-refractivity contribution is -0.151. The highest BCUT2D eigenvalue weighted by Crippen LogP contribution is 2.31. The van der Waals surface area contributed by atoms with Crippen molar-refractivity contribution < 1.29 is 33.4 Å². The van der Waals surface area contributed by atoms with Gasteiger partial charge in [0.1, 0.15) is 24.9 Å². The van der Waals surface area contributed by atoms with Crippen molar-refractivity contribution in [2.75, 3.05) is 32.2 Å². The molecule has 9 nitrogen and oxygen atoms in total. The van der Waals surface area contributed by atoms with Gasteiger partial charge in [0.2, 0.25) is 5.91 Å². The lowest BCUT2D eigenvalue weighted by Crippen LogP contribution is -2.36. The van der Waals surface area contributed by atoms with Gasteiger partial charge in [-0.25, -0.2) is 4.79 Å². The van der Waals surface area contributed by atoms with Crippen LogP contribution < -0.4 is 15.4 Å². The summed E-state index contributed by atoms with van der Waals surface area (Å²) < 4.78 is 15.3. The maximum absolute atomic E-state index is 12.9. The number of hydrogen-bond donors (Lipinski definition) is 3. The molecule has 1 aliphatic heterocycles. The van der Waals surface area contributed by atoms with Gasteiger partial charge in [-0.2, -0.15) is 0 Å². The van der Waals surface area contributed by atoms with E-state index in [1.54, 1.807) is 12.1 Å². The molecule has 1 amide bonds. The molecule has 1 aliphatic rings. The molecule has 3 atom stereocenters. The van der Waals surface area contributed by atoms with Gasteiger partial charge in [-0.15, -0.1) is 12.6 Å². The van der Waals surface area contributed by atoms with E-state index in [-0.39, 0.29) is 43.2 Å². The van der Waals surface area contributed by atoms with Gasteiger partial charge >= 0.3 is 11.9 Å². The Bertz CT molecular complexity index is 902. The first-order valence-corrected chi connectivity index (χ1v) is 10.3. The largest absolute Gasteiger partial charge is 0.495 e. The number of benzene rings is 1. The summed E-state index contributed by atoms with van der Waals surface area (Å²) in [6, 6.07) is 3.97. The standard InChI is InChI=1S/C22H26N2O7S/c1-4-9-30-20(26)14-7-6-8-16(29-3)18(14)24-19(25)15-11-13(12-23-15)17(22(28)32)21(27)31-10-5-2/h4-8,13,15,17,23H,1-2,9-12H2,3H3,(H,24,25)(H,28,32)/t13-,15+,17?/m1/s1. The summed E-state index contributed by atoms with van der Waals surface area (Å²) in [5, 5.41) is 5.06. The van der Waals surface area contributed by atoms with Gasteiger partial charge in [0.15, 0.2) is 5.12 Å². The van der Waals surface area contributed by atoms with E-state index in [4.69, 9.17) is 14.2 Å². The van der Waals surface area contributed by atoms with Gasteiger partial charge in [-0.1, -0.05) is 31.4 Å². The second-order valence-corrected chi connectivity index (χ2v) is 7.39. The van der Waals surface area contributed by atoms with E-state index >= 15 is 0 Å². The van der Waals surface area contributed by atoms with Crippen LogP contribution >= 0.6 is 12.6 Å². The average Bonchev–Trinajstić information content (AvgIpc) is 3.25. The normalized spacial score (nSPS) is 18.2. The van der Waals surface area contributed by atoms with E-state index in [1.807, 2.05) is 0 Å². The summed E-state index contributed by atoms with van der Waals surface area (Å²) in [4.78, 5) is 49.5. The molecular formula is C22H26N2O7S. The molecule has 2 rings (SSSR count). The number of amides is 1. The molecule has 1 aromatic rings. The van der Waals surface area contributed by atoms with E-state index in [0.29, 0.717) is 0 Å². The minimum Gasteiger partial charge on any atom is -0.495 e. The van der Waals surface area contributed by atoms with Crippen LogP contribution in [0.4, 0.5) is 5.69 Å². The Kier molecular flexibility index (Phi) is 9.48. The van der Waals surface area contributed by atoms with Gasteiger partial charge in [-0.05, 0) is 24.5 Å². The van der Waals surface area contributed by atoms with E-state index < -0.39 is 40.8 Å². The molecular weight excluding hydrogens is 436 g/mol. The summed E-state index contributed by atoms with van der Waals surface area (Å²) in [5.74, 6) is -3.14. The zero-order chi connectivity index (χ0) is 23.7. The van der Waals surface area contributed by atoms with E-state index in [2.05, 4.69) is 36.4 Å². The third-order valence-electron chi connectivity index (χ3n) is 4.86. The molecule has 172 valence electrons. The number of hydrogen-bond acceptors (Lipinski definition) is 8. The zero-order valence-corrected chi connectivity index (χ0v) is 18.6. The fraction of sp³-hybridized carbons (Fsp3) is 0.364. The molecule has 0 aliphatic carbocycles. The topological polar surface area (TPSA) is 120 Å². The number of esters is 2. The second-order valence-electron chi connectivity index (χ2n) is 6.95. The quantitative estimate of drug-likeness (QED) is 0.197. The van der Waals surface area contributed by atoms with Crippen LogP contribution in [0.15, 0.2) is 43.5 Å². The third kappa shape index (κ3) is 6.21. The Labute approximate surface area is 191 Å². The van der Waals surface area contributed by atoms with Gasteiger partial charge in [0, 0.05) is 6.54 Å². The predicted octanol–water partition coefficient (Wildman–Crippen LogP) is 1.76. The number of carbonyl (C=O) groups is 4. The van der Waals surface area contributed by atoms with Crippen molar-refractivity contribution in [1.29, 1.82) is 0 Å². The molecule has 1 heterocycles. The lowest BCUT2D eigenvalue weighted by atomic mass is 9.90. The lowest BCUT2D eigenvalue weighted by Gasteiger charge is -2.18. The van der Waals surface area contributed by atoms with Crippen LogP contribution in [0, 0.1) is 11.8 Å². The molecule has 1 saturated heterocycles. The molecule has 0 spiro atoms. The van der Waals surface area contributed by atoms with Crippen LogP contribution in [-0.2, 0) is 23.9 Å². The van der Waals surface area contributed by atoms with Gasteiger partial charge in [0.05, 0.1) is 24.4 Å². The molecule has 1 unspecified atom stereocenters. The Morgan fingerprint density at radius 3 is 2.53 bits per heavy atom. The van der Waals surface area contributed by atoms with Gasteiger partial charge in [-0.3, -0.25) is 14.4 Å². The highest BCUT2D eigenvalue weighted by atomic mass is 32.1. The fourth-order valence-electron chi connectivity index (χ4n) is 3.37. The number of nitrogens with one attached hydrogen (secondary N) is 2. The van der Waals surface area contributed by atoms with Crippen molar-refractivity contribution in [2.45, 2.75) is 12.5 Å². The van der Waals surface area contributed by atoms with Gasteiger partial charge < -0.3 is 24.8 Å². The molecule has 1 fully saturated rings. The van der Waals surface area contributed by atoms with Crippen LogP contribution in [-0.4, -0.2) is 55.9 Å². The molecule has 2 N–H and O–H groups in total. The molecule has 1 aromatic carbocycles. The zero-order valence-electron chi connectivity index (χ0n) is 17.7. The summed E-state index contributed by atoms with van der Waals surface area (Å²) in [5.41, 5.74) is 0.275. The van der Waals surface area contributed by atoms with Gasteiger partial charge in [0.25, 0.3) is 0 Å². The maximum Gasteiger partial charge on any atom is 0.340 e. The number of carbonyl (C=O) groups excluding carboxylic acids is 4. The molecule has 32 heavy (non-hydrogen) atoms. The van der Waals surface area contributed by atoms with Crippen LogP contribution in [0.25, 0.3) is 0 Å². The Morgan fingerprint density at radius 2 is 1.91 bits per heavy atom. The molecule has 0 aromatic heterocycles. The number of anilines is 1. The Morgan fingerprint density at radius 1 is 1.22 bits per heavy atom. The van der Waals surface area contributed by atoms with Crippen LogP contribution in [0.5, 0.6) is 5.75 Å². The van der Waals surface area contributed by atoms with Crippen molar-refractivity contribution in [2.24, 2.45) is 11.8 Å². The minimum atomic E-state index is -1.11. The number of methoxy groups -OCH3 is 1. The van der Waals surface area contributed by atoms with E-state index in [1.165, 1.54) is 25.3 Å². The van der Waals surface area contributed by atoms with E-state index in [0.717, 1.165) is 0 Å². The molecule has 0 saturated carbocycles. The smallest absolute Gasteiger partial charge is 0.340 e. The summed E-state index contributed by atoms with van der Waals surface area (Å²) >= 11 is 3.81. The highest BCUT2D eigenvalue weighted by molar-refractivity contribution is 7.96. The Balaban J connectivity index is 2.16. The van der Waals surface area contributed by atoms with Crippen LogP contribution in [0.3, 0.4) is 0 Å². The van der Waals surface area contributed by atoms with Crippen LogP contribution in [0.2, 0.25) is 0 Å². The summed E-state index contributed by atoms with van der Waals surface area (Å²) in [7, 11) is 1.41. The second kappa shape index (κ2) is 12.1. The van der Waals surface area contributed by atoms with Crippen molar-refractivity contribution in [3.63, 3.8) is 0 Å². The predicted molar refractivity (Wildman–Crippen MR) is 121 cm³/mol. The third-order valence-corrected chi connectivity index (χ3v) is 5.14.